The molecule has 0 radical (unpaired) electrons. The Morgan fingerprint density at radius 3 is 2.67 bits per heavy atom. The van der Waals surface area contributed by atoms with Gasteiger partial charge in [-0.25, -0.2) is 4.39 Å². The van der Waals surface area contributed by atoms with E-state index in [-0.39, 0.29) is 30.3 Å². The second-order valence-electron chi connectivity index (χ2n) is 8.89. The summed E-state index contributed by atoms with van der Waals surface area (Å²) in [6.07, 6.45) is 1.79. The quantitative estimate of drug-likeness (QED) is 0.785. The van der Waals surface area contributed by atoms with Crippen LogP contribution in [-0.2, 0) is 9.53 Å². The second-order valence-corrected chi connectivity index (χ2v) is 8.89. The van der Waals surface area contributed by atoms with Gasteiger partial charge in [-0.2, -0.15) is 0 Å². The Morgan fingerprint density at radius 1 is 1.30 bits per heavy atom. The van der Waals surface area contributed by atoms with Crippen molar-refractivity contribution in [3.05, 3.63) is 35.8 Å². The zero-order chi connectivity index (χ0) is 21.7. The average molecular weight is 417 g/mol. The van der Waals surface area contributed by atoms with E-state index in [0.29, 0.717) is 43.4 Å². The van der Waals surface area contributed by atoms with Gasteiger partial charge in [0.2, 0.25) is 5.91 Å². The number of nitrogens with zero attached hydrogens (tertiary/aromatic N) is 2. The number of hydrogen-bond donors (Lipinski definition) is 2. The van der Waals surface area contributed by atoms with E-state index in [2.05, 4.69) is 4.98 Å². The number of hydrogen-bond acceptors (Lipinski definition) is 4. The minimum absolute atomic E-state index is 0.0970. The topological polar surface area (TPSA) is 85.9 Å². The van der Waals surface area contributed by atoms with Gasteiger partial charge < -0.3 is 24.6 Å². The van der Waals surface area contributed by atoms with Crippen LogP contribution >= 0.6 is 0 Å². The molecule has 2 saturated heterocycles. The Labute approximate surface area is 174 Å². The van der Waals surface area contributed by atoms with Crippen molar-refractivity contribution in [3.8, 4) is 0 Å². The fourth-order valence-corrected chi connectivity index (χ4v) is 4.65. The maximum atomic E-state index is 13.4. The van der Waals surface area contributed by atoms with Crippen molar-refractivity contribution in [1.82, 2.24) is 14.8 Å². The first kappa shape index (κ1) is 20.8. The lowest BCUT2D eigenvalue weighted by Gasteiger charge is -2.52. The number of rotatable bonds is 2. The molecule has 0 aliphatic carbocycles. The number of likely N-dealkylation sites (N-methyl/N-ethyl adjacent to an activating group) is 1. The number of ether oxygens (including phenoxy) is 1. The summed E-state index contributed by atoms with van der Waals surface area (Å²) >= 11 is 0. The summed E-state index contributed by atoms with van der Waals surface area (Å²) in [6, 6.07) is 5.73. The summed E-state index contributed by atoms with van der Waals surface area (Å²) < 4.78 is 19.5. The molecule has 0 unspecified atom stereocenters. The number of aromatic nitrogens is 1. The molecule has 2 aromatic rings. The van der Waals surface area contributed by atoms with Gasteiger partial charge in [0.25, 0.3) is 5.91 Å². The zero-order valence-electron chi connectivity index (χ0n) is 17.6. The summed E-state index contributed by atoms with van der Waals surface area (Å²) in [4.78, 5) is 31.3. The maximum absolute atomic E-state index is 13.4. The molecule has 2 atom stereocenters. The number of H-pyrrole nitrogens is 1. The van der Waals surface area contributed by atoms with E-state index in [9.17, 15) is 19.1 Å². The fraction of sp³-hybridized carbons (Fsp3) is 0.545. The van der Waals surface area contributed by atoms with E-state index < -0.39 is 11.2 Å². The maximum Gasteiger partial charge on any atom is 0.270 e. The molecule has 2 aliphatic heterocycles. The van der Waals surface area contributed by atoms with Crippen LogP contribution in [0.5, 0.6) is 0 Å². The van der Waals surface area contributed by atoms with E-state index in [4.69, 9.17) is 4.74 Å². The number of fused-ring (bicyclic) bond motifs is 1. The number of aromatic amines is 1. The van der Waals surface area contributed by atoms with Crippen LogP contribution in [0.1, 0.15) is 43.6 Å². The molecule has 162 valence electrons. The van der Waals surface area contributed by atoms with Crippen LogP contribution in [-0.4, -0.2) is 75.7 Å². The third-order valence-corrected chi connectivity index (χ3v) is 6.69. The predicted molar refractivity (Wildman–Crippen MR) is 110 cm³/mol. The number of nitrogens with one attached hydrogen (secondary N) is 1. The lowest BCUT2D eigenvalue weighted by Crippen LogP contribution is -2.64. The fourth-order valence-electron chi connectivity index (χ4n) is 4.65. The van der Waals surface area contributed by atoms with Crippen LogP contribution in [0.15, 0.2) is 24.3 Å². The van der Waals surface area contributed by atoms with Crippen molar-refractivity contribution in [2.24, 2.45) is 0 Å². The third kappa shape index (κ3) is 3.70. The highest BCUT2D eigenvalue weighted by atomic mass is 19.1. The first-order chi connectivity index (χ1) is 14.1. The highest BCUT2D eigenvalue weighted by molar-refractivity contribution is 5.98. The van der Waals surface area contributed by atoms with Gasteiger partial charge in [0.1, 0.15) is 17.1 Å². The molecule has 30 heavy (non-hydrogen) atoms. The number of likely N-dealkylation sites (tertiary alicyclic amines) is 1. The molecule has 8 heteroatoms. The normalized spacial score (nSPS) is 26.2. The third-order valence-electron chi connectivity index (χ3n) is 6.69. The summed E-state index contributed by atoms with van der Waals surface area (Å²) in [6.45, 7) is 4.37. The van der Waals surface area contributed by atoms with Gasteiger partial charge >= 0.3 is 0 Å². The van der Waals surface area contributed by atoms with Gasteiger partial charge in [-0.1, -0.05) is 0 Å². The first-order valence-electron chi connectivity index (χ1n) is 10.3. The molecular formula is C22H28FN3O4. The Balaban J connectivity index is 1.46. The molecule has 2 N–H and O–H groups in total. The van der Waals surface area contributed by atoms with Crippen LogP contribution < -0.4 is 0 Å². The number of benzene rings is 1. The monoisotopic (exact) mass is 417 g/mol. The van der Waals surface area contributed by atoms with Crippen molar-refractivity contribution in [1.29, 1.82) is 0 Å². The SMILES string of the molecule is CC(=O)N(C)[C@H]1CC2(CCN(C(=O)c3cc4cc(F)ccc4[nH]3)CC2)OC[C@]1(C)O. The number of amides is 2. The number of carbonyl (C=O) groups is 2. The van der Waals surface area contributed by atoms with E-state index in [0.717, 1.165) is 5.52 Å². The molecule has 1 aromatic carbocycles. The molecule has 2 fully saturated rings. The molecule has 1 aromatic heterocycles. The number of halogens is 1. The van der Waals surface area contributed by atoms with Crippen LogP contribution in [0.25, 0.3) is 10.9 Å². The Hall–Kier alpha value is -2.45. The van der Waals surface area contributed by atoms with Crippen LogP contribution in [0.3, 0.4) is 0 Å². The standard InChI is InChI=1S/C22H28FN3O4/c1-14(27)25(3)19-12-22(30-13-21(19,2)29)6-8-26(9-7-22)20(28)18-11-15-10-16(23)4-5-17(15)24-18/h4-5,10-11,19,24,29H,6-9,12-13H2,1-3H3/t19-,21-/m0/s1. The summed E-state index contributed by atoms with van der Waals surface area (Å²) in [7, 11) is 1.71. The molecule has 3 heterocycles. The minimum atomic E-state index is -1.11. The van der Waals surface area contributed by atoms with Gasteiger partial charge in [-0.15, -0.1) is 0 Å². The zero-order valence-corrected chi connectivity index (χ0v) is 17.6. The molecule has 0 saturated carbocycles. The number of piperidine rings is 1. The summed E-state index contributed by atoms with van der Waals surface area (Å²) in [5.41, 5.74) is -0.413. The number of aliphatic hydroxyl groups is 1. The van der Waals surface area contributed by atoms with Crippen LogP contribution in [0.2, 0.25) is 0 Å². The van der Waals surface area contributed by atoms with E-state index in [1.807, 2.05) is 0 Å². The smallest absolute Gasteiger partial charge is 0.270 e. The van der Waals surface area contributed by atoms with Gasteiger partial charge in [0.15, 0.2) is 0 Å². The van der Waals surface area contributed by atoms with Crippen molar-refractivity contribution in [2.45, 2.75) is 50.4 Å². The van der Waals surface area contributed by atoms with Gasteiger partial charge in [-0.3, -0.25) is 9.59 Å². The van der Waals surface area contributed by atoms with Crippen molar-refractivity contribution in [2.75, 3.05) is 26.7 Å². The van der Waals surface area contributed by atoms with Gasteiger partial charge in [-0.05, 0) is 50.5 Å². The number of carbonyl (C=O) groups excluding carboxylic acids is 2. The largest absolute Gasteiger partial charge is 0.386 e. The Bertz CT molecular complexity index is 978. The molecule has 4 rings (SSSR count). The molecule has 2 aliphatic rings. The predicted octanol–water partition coefficient (Wildman–Crippen LogP) is 2.30. The molecule has 0 bridgehead atoms. The van der Waals surface area contributed by atoms with Crippen LogP contribution in [0, 0.1) is 5.82 Å². The van der Waals surface area contributed by atoms with Crippen molar-refractivity contribution >= 4 is 22.7 Å². The van der Waals surface area contributed by atoms with Crippen molar-refractivity contribution < 1.29 is 23.8 Å². The summed E-state index contributed by atoms with van der Waals surface area (Å²) in [5, 5.41) is 11.4. The lowest BCUT2D eigenvalue weighted by molar-refractivity contribution is -0.207. The minimum Gasteiger partial charge on any atom is -0.386 e. The van der Waals surface area contributed by atoms with E-state index >= 15 is 0 Å². The van der Waals surface area contributed by atoms with E-state index in [1.165, 1.54) is 19.1 Å². The first-order valence-corrected chi connectivity index (χ1v) is 10.3. The second kappa shape index (κ2) is 7.35. The van der Waals surface area contributed by atoms with Gasteiger partial charge in [0, 0.05) is 38.0 Å². The molecule has 2 amide bonds. The average Bonchev–Trinajstić information content (AvgIpc) is 3.12. The molecule has 1 spiro atoms. The van der Waals surface area contributed by atoms with Gasteiger partial charge in [0.05, 0.1) is 18.2 Å². The van der Waals surface area contributed by atoms with E-state index in [1.54, 1.807) is 35.9 Å². The molecule has 7 nitrogen and oxygen atoms in total. The highest BCUT2D eigenvalue weighted by Crippen LogP contribution is 2.40. The lowest BCUT2D eigenvalue weighted by atomic mass is 9.77. The molecular weight excluding hydrogens is 389 g/mol. The van der Waals surface area contributed by atoms with Crippen molar-refractivity contribution in [3.63, 3.8) is 0 Å². The Kier molecular flexibility index (Phi) is 5.10. The summed E-state index contributed by atoms with van der Waals surface area (Å²) in [5.74, 6) is -0.558. The van der Waals surface area contributed by atoms with Crippen LogP contribution in [0.4, 0.5) is 4.39 Å². The Morgan fingerprint density at radius 2 is 2.00 bits per heavy atom. The highest BCUT2D eigenvalue weighted by Gasteiger charge is 2.50.